The van der Waals surface area contributed by atoms with Crippen LogP contribution in [-0.4, -0.2) is 28.9 Å². The molecule has 0 saturated carbocycles. The highest BCUT2D eigenvalue weighted by Crippen LogP contribution is 2.36. The molecule has 49 heavy (non-hydrogen) atoms. The van der Waals surface area contributed by atoms with Gasteiger partial charge in [0.1, 0.15) is 5.65 Å². The van der Waals surface area contributed by atoms with Gasteiger partial charge in [0.2, 0.25) is 0 Å². The zero-order valence-electron chi connectivity index (χ0n) is 26.3. The molecule has 0 bridgehead atoms. The minimum absolute atomic E-state index is 0.693. The molecule has 4 aromatic heterocycles. The van der Waals surface area contributed by atoms with E-state index in [4.69, 9.17) is 15.1 Å². The Bertz CT molecular complexity index is 2770. The van der Waals surface area contributed by atoms with Gasteiger partial charge in [-0.1, -0.05) is 103 Å². The van der Waals surface area contributed by atoms with Crippen molar-refractivity contribution >= 4 is 43.7 Å². The summed E-state index contributed by atoms with van der Waals surface area (Å²) in [5, 5.41) is 9.72. The number of hydrogen-bond acceptors (Lipinski definition) is 3. The molecule has 0 radical (unpaired) electrons. The summed E-state index contributed by atoms with van der Waals surface area (Å²) >= 11 is 0. The number of hydrogen-bond donors (Lipinski definition) is 0. The van der Waals surface area contributed by atoms with E-state index >= 15 is 0 Å². The highest BCUT2D eigenvalue weighted by molar-refractivity contribution is 6.10. The van der Waals surface area contributed by atoms with Crippen LogP contribution in [0.3, 0.4) is 0 Å². The normalized spacial score (nSPS) is 11.7. The second-order valence-corrected chi connectivity index (χ2v) is 12.2. The molecule has 0 unspecified atom stereocenters. The van der Waals surface area contributed by atoms with Crippen LogP contribution >= 0.6 is 0 Å². The summed E-state index contributed by atoms with van der Waals surface area (Å²) in [6.45, 7) is 0. The number of pyridine rings is 1. The van der Waals surface area contributed by atoms with E-state index in [9.17, 15) is 0 Å². The van der Waals surface area contributed by atoms with Crippen LogP contribution in [0.25, 0.3) is 83.6 Å². The third kappa shape index (κ3) is 4.31. The fourth-order valence-corrected chi connectivity index (χ4v) is 7.17. The van der Waals surface area contributed by atoms with Gasteiger partial charge in [0.05, 0.1) is 22.2 Å². The Balaban J connectivity index is 1.17. The predicted octanol–water partition coefficient (Wildman–Crippen LogP) is 10.2. The highest BCUT2D eigenvalue weighted by atomic mass is 15.4. The fourth-order valence-electron chi connectivity index (χ4n) is 7.17. The SMILES string of the molecule is c1ccc(-c2nc(-c3ccccc3)n(-c3ccc4c(c3)c3ccccc3n4-c3cccc(-n4c5ccccc5c5cccnc54)c3)n2)cc1. The van der Waals surface area contributed by atoms with E-state index in [2.05, 4.69) is 130 Å². The van der Waals surface area contributed by atoms with Crippen molar-refractivity contribution in [3.63, 3.8) is 0 Å². The number of rotatable bonds is 5. The van der Waals surface area contributed by atoms with Crippen LogP contribution < -0.4 is 0 Å². The molecule has 6 nitrogen and oxygen atoms in total. The Morgan fingerprint density at radius 2 is 1.02 bits per heavy atom. The summed E-state index contributed by atoms with van der Waals surface area (Å²) < 4.78 is 6.59. The van der Waals surface area contributed by atoms with Gasteiger partial charge in [-0.25, -0.2) is 14.6 Å². The van der Waals surface area contributed by atoms with Gasteiger partial charge < -0.3 is 4.57 Å². The maximum absolute atomic E-state index is 5.06. The maximum atomic E-state index is 5.06. The standard InChI is InChI=1S/C43H28N6/c1-3-13-29(14-4-1)41-45-42(30-15-5-2-6-16-30)49(46-41)33-24-25-40-37(28-33)35-20-8-9-22-38(35)47(40)31-17-11-18-32(27-31)48-39-23-10-7-19-34(39)36-21-12-26-44-43(36)48/h1-28H. The lowest BCUT2D eigenvalue weighted by Crippen LogP contribution is -2.01. The van der Waals surface area contributed by atoms with Crippen LogP contribution in [0.4, 0.5) is 0 Å². The van der Waals surface area contributed by atoms with Crippen molar-refractivity contribution in [2.45, 2.75) is 0 Å². The van der Waals surface area contributed by atoms with E-state index in [0.29, 0.717) is 5.82 Å². The van der Waals surface area contributed by atoms with Crippen LogP contribution in [0.15, 0.2) is 170 Å². The van der Waals surface area contributed by atoms with Crippen LogP contribution in [0, 0.1) is 0 Å². The molecule has 0 aliphatic heterocycles. The maximum Gasteiger partial charge on any atom is 0.182 e. The molecular formula is C43H28N6. The predicted molar refractivity (Wildman–Crippen MR) is 199 cm³/mol. The summed E-state index contributed by atoms with van der Waals surface area (Å²) in [4.78, 5) is 9.86. The van der Waals surface area contributed by atoms with E-state index in [1.165, 1.54) is 10.8 Å². The fraction of sp³-hybridized carbons (Fsp3) is 0. The molecule has 6 heteroatoms. The van der Waals surface area contributed by atoms with Gasteiger partial charge in [0.25, 0.3) is 0 Å². The Kier molecular flexibility index (Phi) is 6.08. The van der Waals surface area contributed by atoms with Crippen molar-refractivity contribution in [1.82, 2.24) is 28.9 Å². The topological polar surface area (TPSA) is 53.5 Å². The van der Waals surface area contributed by atoms with Gasteiger partial charge in [0.15, 0.2) is 11.6 Å². The molecule has 0 N–H and O–H groups in total. The zero-order valence-corrected chi connectivity index (χ0v) is 26.3. The molecule has 0 atom stereocenters. The van der Waals surface area contributed by atoms with Gasteiger partial charge in [-0.05, 0) is 60.7 Å². The second kappa shape index (κ2) is 10.9. The summed E-state index contributed by atoms with van der Waals surface area (Å²) in [5.41, 5.74) is 9.43. The van der Waals surface area contributed by atoms with Gasteiger partial charge in [-0.15, -0.1) is 5.10 Å². The van der Waals surface area contributed by atoms with E-state index in [1.807, 2.05) is 53.3 Å². The first kappa shape index (κ1) is 27.3. The minimum atomic E-state index is 0.693. The first-order valence-electron chi connectivity index (χ1n) is 16.4. The summed E-state index contributed by atoms with van der Waals surface area (Å²) in [7, 11) is 0. The average molecular weight is 629 g/mol. The van der Waals surface area contributed by atoms with E-state index in [1.54, 1.807) is 0 Å². The third-order valence-electron chi connectivity index (χ3n) is 9.35. The lowest BCUT2D eigenvalue weighted by molar-refractivity contribution is 0.892. The van der Waals surface area contributed by atoms with Gasteiger partial charge in [0, 0.05) is 50.2 Å². The molecule has 0 fully saturated rings. The minimum Gasteiger partial charge on any atom is -0.309 e. The van der Waals surface area contributed by atoms with E-state index in [-0.39, 0.29) is 0 Å². The molecule has 0 aliphatic carbocycles. The quantitative estimate of drug-likeness (QED) is 0.191. The van der Waals surface area contributed by atoms with Crippen LogP contribution in [0.2, 0.25) is 0 Å². The largest absolute Gasteiger partial charge is 0.309 e. The third-order valence-corrected chi connectivity index (χ3v) is 9.35. The van der Waals surface area contributed by atoms with E-state index in [0.717, 1.165) is 67.0 Å². The summed E-state index contributed by atoms with van der Waals surface area (Å²) in [6, 6.07) is 57.0. The first-order valence-corrected chi connectivity index (χ1v) is 16.4. The van der Waals surface area contributed by atoms with Gasteiger partial charge in [-0.3, -0.25) is 4.57 Å². The smallest absolute Gasteiger partial charge is 0.182 e. The first-order chi connectivity index (χ1) is 24.3. The second-order valence-electron chi connectivity index (χ2n) is 12.2. The summed E-state index contributed by atoms with van der Waals surface area (Å²) in [5.74, 6) is 1.49. The van der Waals surface area contributed by atoms with E-state index < -0.39 is 0 Å². The molecule has 0 aliphatic rings. The highest BCUT2D eigenvalue weighted by Gasteiger charge is 2.19. The summed E-state index contributed by atoms with van der Waals surface area (Å²) in [6.07, 6.45) is 1.87. The van der Waals surface area contributed by atoms with Crippen molar-refractivity contribution in [1.29, 1.82) is 0 Å². The number of para-hydroxylation sites is 2. The van der Waals surface area contributed by atoms with Crippen molar-refractivity contribution in [2.75, 3.05) is 0 Å². The lowest BCUT2D eigenvalue weighted by Gasteiger charge is -2.12. The molecule has 10 aromatic rings. The number of fused-ring (bicyclic) bond motifs is 6. The van der Waals surface area contributed by atoms with Gasteiger partial charge in [-0.2, -0.15) is 0 Å². The molecule has 0 spiro atoms. The molecule has 10 rings (SSSR count). The number of benzene rings is 6. The molecule has 6 aromatic carbocycles. The lowest BCUT2D eigenvalue weighted by atomic mass is 10.1. The monoisotopic (exact) mass is 628 g/mol. The van der Waals surface area contributed by atoms with Crippen molar-refractivity contribution < 1.29 is 0 Å². The Morgan fingerprint density at radius 3 is 1.80 bits per heavy atom. The molecular weight excluding hydrogens is 601 g/mol. The number of nitrogens with zero attached hydrogens (tertiary/aromatic N) is 6. The Morgan fingerprint density at radius 1 is 0.408 bits per heavy atom. The van der Waals surface area contributed by atoms with Crippen molar-refractivity contribution in [3.05, 3.63) is 170 Å². The van der Waals surface area contributed by atoms with Crippen LogP contribution in [0.1, 0.15) is 0 Å². The molecule has 0 amide bonds. The average Bonchev–Trinajstić information content (AvgIpc) is 3.86. The molecule has 0 saturated heterocycles. The van der Waals surface area contributed by atoms with Crippen LogP contribution in [-0.2, 0) is 0 Å². The Labute approximate surface area is 281 Å². The van der Waals surface area contributed by atoms with Crippen molar-refractivity contribution in [2.24, 2.45) is 0 Å². The molecule has 230 valence electrons. The van der Waals surface area contributed by atoms with Crippen LogP contribution in [0.5, 0.6) is 0 Å². The van der Waals surface area contributed by atoms with Crippen molar-refractivity contribution in [3.8, 4) is 39.8 Å². The molecule has 4 heterocycles. The zero-order chi connectivity index (χ0) is 32.3. The number of aromatic nitrogens is 6. The Hall–Kier alpha value is -6.79. The van der Waals surface area contributed by atoms with Gasteiger partial charge >= 0.3 is 0 Å².